The molecule has 0 radical (unpaired) electrons. The van der Waals surface area contributed by atoms with E-state index in [1.807, 2.05) is 4.90 Å². The van der Waals surface area contributed by atoms with Gasteiger partial charge in [0.15, 0.2) is 9.84 Å². The molecule has 2 aliphatic heterocycles. The molecule has 2 aliphatic rings. The molecule has 2 fully saturated rings. The van der Waals surface area contributed by atoms with Gasteiger partial charge in [-0.15, -0.1) is 0 Å². The third kappa shape index (κ3) is 4.23. The van der Waals surface area contributed by atoms with Gasteiger partial charge in [0.1, 0.15) is 11.8 Å². The fourth-order valence-corrected chi connectivity index (χ4v) is 5.81. The highest BCUT2D eigenvalue weighted by Crippen LogP contribution is 2.21. The molecule has 3 rings (SSSR count). The lowest BCUT2D eigenvalue weighted by Gasteiger charge is -2.35. The summed E-state index contributed by atoms with van der Waals surface area (Å²) in [6.45, 7) is 2.94. The van der Waals surface area contributed by atoms with Crippen LogP contribution in [0.2, 0.25) is 10.0 Å². The highest BCUT2D eigenvalue weighted by Gasteiger charge is 2.37. The van der Waals surface area contributed by atoms with E-state index in [9.17, 15) is 13.2 Å². The Morgan fingerprint density at radius 1 is 1.25 bits per heavy atom. The largest absolute Gasteiger partial charge is 0.331 e. The van der Waals surface area contributed by atoms with Gasteiger partial charge in [0, 0.05) is 16.5 Å². The Balaban J connectivity index is 1.53. The molecule has 1 N–H and O–H groups in total. The first-order valence-corrected chi connectivity index (χ1v) is 10.7. The minimum atomic E-state index is -2.85. The number of quaternary nitrogens is 1. The van der Waals surface area contributed by atoms with Crippen LogP contribution in [0.4, 0.5) is 0 Å². The molecule has 24 heavy (non-hydrogen) atoms. The Kier molecular flexibility index (Phi) is 5.39. The minimum absolute atomic E-state index is 0.0531. The Hall–Kier alpha value is -0.820. The molecule has 1 aromatic rings. The fourth-order valence-electron chi connectivity index (χ4n) is 3.51. The summed E-state index contributed by atoms with van der Waals surface area (Å²) in [5.74, 6) is 0.646. The van der Waals surface area contributed by atoms with Gasteiger partial charge in [-0.25, -0.2) is 8.42 Å². The number of rotatable bonds is 3. The lowest BCUT2D eigenvalue weighted by Crippen LogP contribution is -3.18. The molecule has 0 saturated carbocycles. The van der Waals surface area contributed by atoms with Gasteiger partial charge >= 0.3 is 0 Å². The van der Waals surface area contributed by atoms with Crippen molar-refractivity contribution in [2.75, 3.05) is 37.7 Å². The third-order valence-electron chi connectivity index (χ3n) is 4.92. The van der Waals surface area contributed by atoms with Gasteiger partial charge in [-0.3, -0.25) is 4.79 Å². The summed E-state index contributed by atoms with van der Waals surface area (Å²) in [4.78, 5) is 15.6. The molecule has 5 nitrogen and oxygen atoms in total. The maximum Gasteiger partial charge on any atom is 0.227 e. The maximum absolute atomic E-state index is 12.5. The Bertz CT molecular complexity index is 731. The van der Waals surface area contributed by atoms with Crippen molar-refractivity contribution in [2.45, 2.75) is 18.9 Å². The summed E-state index contributed by atoms with van der Waals surface area (Å²) in [7, 11) is -2.85. The van der Waals surface area contributed by atoms with Gasteiger partial charge in [0.05, 0.1) is 38.4 Å². The van der Waals surface area contributed by atoms with Crippen molar-refractivity contribution >= 4 is 38.9 Å². The lowest BCUT2D eigenvalue weighted by molar-refractivity contribution is -0.925. The van der Waals surface area contributed by atoms with Crippen LogP contribution in [-0.2, 0) is 21.1 Å². The highest BCUT2D eigenvalue weighted by molar-refractivity contribution is 7.91. The van der Waals surface area contributed by atoms with Crippen LogP contribution in [0.25, 0.3) is 0 Å². The predicted octanol–water partition coefficient (Wildman–Crippen LogP) is 0.450. The molecule has 0 bridgehead atoms. The number of nitrogens with zero attached hydrogens (tertiary/aromatic N) is 1. The predicted molar refractivity (Wildman–Crippen MR) is 94.5 cm³/mol. The summed E-state index contributed by atoms with van der Waals surface area (Å²) in [5.41, 5.74) is 0.780. The second kappa shape index (κ2) is 7.20. The smallest absolute Gasteiger partial charge is 0.227 e. The quantitative estimate of drug-likeness (QED) is 0.813. The first-order chi connectivity index (χ1) is 11.3. The number of piperazine rings is 1. The first-order valence-electron chi connectivity index (χ1n) is 8.11. The van der Waals surface area contributed by atoms with Gasteiger partial charge in [-0.1, -0.05) is 29.3 Å². The van der Waals surface area contributed by atoms with E-state index in [0.717, 1.165) is 25.1 Å². The maximum atomic E-state index is 12.5. The number of benzene rings is 1. The number of hydrogen-bond donors (Lipinski definition) is 1. The van der Waals surface area contributed by atoms with Gasteiger partial charge in [-0.05, 0) is 17.7 Å². The van der Waals surface area contributed by atoms with Crippen molar-refractivity contribution in [2.24, 2.45) is 0 Å². The van der Waals surface area contributed by atoms with E-state index in [4.69, 9.17) is 23.2 Å². The summed E-state index contributed by atoms with van der Waals surface area (Å²) >= 11 is 12.0. The molecule has 0 spiro atoms. The van der Waals surface area contributed by atoms with E-state index in [1.54, 1.807) is 18.2 Å². The Morgan fingerprint density at radius 3 is 2.54 bits per heavy atom. The molecular formula is C16H21Cl2N2O3S+. The van der Waals surface area contributed by atoms with E-state index < -0.39 is 9.84 Å². The number of amides is 1. The van der Waals surface area contributed by atoms with Crippen molar-refractivity contribution in [3.63, 3.8) is 0 Å². The zero-order chi connectivity index (χ0) is 17.3. The summed E-state index contributed by atoms with van der Waals surface area (Å²) in [5, 5.41) is 1.07. The van der Waals surface area contributed by atoms with Gasteiger partial charge < -0.3 is 9.80 Å². The molecule has 1 aromatic carbocycles. The van der Waals surface area contributed by atoms with Crippen molar-refractivity contribution < 1.29 is 18.1 Å². The topological polar surface area (TPSA) is 58.9 Å². The molecule has 0 aromatic heterocycles. The number of hydrogen-bond acceptors (Lipinski definition) is 3. The average molecular weight is 392 g/mol. The van der Waals surface area contributed by atoms with Crippen molar-refractivity contribution in [1.29, 1.82) is 0 Å². The summed E-state index contributed by atoms with van der Waals surface area (Å²) in [6.07, 6.45) is 1.01. The molecule has 8 heteroatoms. The second-order valence-electron chi connectivity index (χ2n) is 6.55. The number of carbonyl (C=O) groups excluding carboxylic acids is 1. The minimum Gasteiger partial charge on any atom is -0.331 e. The zero-order valence-corrected chi connectivity index (χ0v) is 15.6. The van der Waals surface area contributed by atoms with Crippen molar-refractivity contribution in [3.8, 4) is 0 Å². The van der Waals surface area contributed by atoms with Crippen LogP contribution in [0, 0.1) is 0 Å². The van der Waals surface area contributed by atoms with Crippen LogP contribution >= 0.6 is 23.2 Å². The number of sulfone groups is 1. The highest BCUT2D eigenvalue weighted by atomic mass is 35.5. The van der Waals surface area contributed by atoms with Gasteiger partial charge in [0.25, 0.3) is 0 Å². The molecule has 2 saturated heterocycles. The van der Waals surface area contributed by atoms with Crippen LogP contribution in [-0.4, -0.2) is 63.0 Å². The standard InChI is InChI=1S/C16H20Cl2N2O3S/c17-13-2-1-12(15(18)10-13)9-16(21)20-6-4-19(5-7-20)14-3-8-24(22,23)11-14/h1-2,10,14H,3-9,11H2/p+1/t14-/m1/s1. The van der Waals surface area contributed by atoms with Crippen molar-refractivity contribution in [1.82, 2.24) is 4.90 Å². The van der Waals surface area contributed by atoms with E-state index >= 15 is 0 Å². The van der Waals surface area contributed by atoms with Crippen LogP contribution in [0.1, 0.15) is 12.0 Å². The van der Waals surface area contributed by atoms with E-state index in [-0.39, 0.29) is 24.1 Å². The molecular weight excluding hydrogens is 371 g/mol. The summed E-state index contributed by atoms with van der Waals surface area (Å²) in [6, 6.07) is 5.36. The fraction of sp³-hybridized carbons (Fsp3) is 0.562. The second-order valence-corrected chi connectivity index (χ2v) is 9.62. The normalized spacial score (nSPS) is 24.2. The molecule has 1 amide bonds. The number of nitrogens with one attached hydrogen (secondary N) is 1. The van der Waals surface area contributed by atoms with E-state index in [2.05, 4.69) is 0 Å². The Morgan fingerprint density at radius 2 is 1.96 bits per heavy atom. The SMILES string of the molecule is O=C(Cc1ccc(Cl)cc1Cl)N1CC[NH+]([C@@H]2CCS(=O)(=O)C2)CC1. The number of carbonyl (C=O) groups is 1. The summed E-state index contributed by atoms with van der Waals surface area (Å²) < 4.78 is 23.2. The van der Waals surface area contributed by atoms with Crippen LogP contribution in [0.3, 0.4) is 0 Å². The molecule has 132 valence electrons. The zero-order valence-electron chi connectivity index (χ0n) is 13.3. The molecule has 1 atom stereocenters. The lowest BCUT2D eigenvalue weighted by atomic mass is 10.1. The monoisotopic (exact) mass is 391 g/mol. The molecule has 0 unspecified atom stereocenters. The van der Waals surface area contributed by atoms with Gasteiger partial charge in [-0.2, -0.15) is 0 Å². The average Bonchev–Trinajstić information content (AvgIpc) is 2.90. The van der Waals surface area contributed by atoms with Crippen LogP contribution in [0.15, 0.2) is 18.2 Å². The molecule has 0 aliphatic carbocycles. The third-order valence-corrected chi connectivity index (χ3v) is 7.28. The molecule has 2 heterocycles. The Labute approximate surface area is 152 Å². The van der Waals surface area contributed by atoms with Crippen molar-refractivity contribution in [3.05, 3.63) is 33.8 Å². The van der Waals surface area contributed by atoms with E-state index in [1.165, 1.54) is 4.90 Å². The first kappa shape index (κ1) is 18.0. The van der Waals surface area contributed by atoms with Gasteiger partial charge in [0.2, 0.25) is 5.91 Å². The van der Waals surface area contributed by atoms with Crippen LogP contribution in [0.5, 0.6) is 0 Å². The van der Waals surface area contributed by atoms with Crippen LogP contribution < -0.4 is 4.90 Å². The van der Waals surface area contributed by atoms with E-state index in [0.29, 0.717) is 28.9 Å². The number of halogens is 2.